The van der Waals surface area contributed by atoms with E-state index in [9.17, 15) is 14.4 Å². The zero-order chi connectivity index (χ0) is 23.3. The first-order valence-electron chi connectivity index (χ1n) is 10.6. The molecule has 6 nitrogen and oxygen atoms in total. The Morgan fingerprint density at radius 3 is 2.10 bits per heavy atom. The number of benzene rings is 1. The number of esters is 1. The Balaban J connectivity index is 2.42. The highest BCUT2D eigenvalue weighted by Crippen LogP contribution is 2.35. The minimum absolute atomic E-state index is 0.0172. The van der Waals surface area contributed by atoms with Crippen molar-refractivity contribution in [3.63, 3.8) is 0 Å². The van der Waals surface area contributed by atoms with E-state index >= 15 is 0 Å². The van der Waals surface area contributed by atoms with Crippen molar-refractivity contribution in [2.24, 2.45) is 0 Å². The van der Waals surface area contributed by atoms with Gasteiger partial charge in [0.25, 0.3) is 11.8 Å². The highest BCUT2D eigenvalue weighted by molar-refractivity contribution is 7.18. The lowest BCUT2D eigenvalue weighted by Crippen LogP contribution is -2.30. The van der Waals surface area contributed by atoms with Crippen LogP contribution in [0.15, 0.2) is 24.3 Å². The molecule has 2 aromatic rings. The van der Waals surface area contributed by atoms with Crippen LogP contribution in [0.4, 0.5) is 5.00 Å². The Labute approximate surface area is 188 Å². The van der Waals surface area contributed by atoms with Crippen molar-refractivity contribution >= 4 is 34.1 Å². The number of carbonyl (C=O) groups is 3. The normalized spacial score (nSPS) is 11.2. The number of hydrogen-bond donors (Lipinski definition) is 1. The fraction of sp³-hybridized carbons (Fsp3) is 0.458. The minimum atomic E-state index is -0.548. The second-order valence-electron chi connectivity index (χ2n) is 8.24. The quantitative estimate of drug-likeness (QED) is 0.591. The molecule has 0 radical (unpaired) electrons. The van der Waals surface area contributed by atoms with Gasteiger partial charge in [0, 0.05) is 18.7 Å². The number of nitrogens with zero attached hydrogens (tertiary/aromatic N) is 1. The van der Waals surface area contributed by atoms with E-state index < -0.39 is 5.97 Å². The maximum atomic E-state index is 12.9. The summed E-state index contributed by atoms with van der Waals surface area (Å²) in [5.41, 5.74) is 2.35. The first kappa shape index (κ1) is 24.6. The summed E-state index contributed by atoms with van der Waals surface area (Å²) >= 11 is 1.11. The molecule has 31 heavy (non-hydrogen) atoms. The van der Waals surface area contributed by atoms with Crippen LogP contribution in [0.3, 0.4) is 0 Å². The van der Waals surface area contributed by atoms with Gasteiger partial charge in [-0.1, -0.05) is 32.9 Å². The van der Waals surface area contributed by atoms with Crippen LogP contribution in [-0.4, -0.2) is 42.4 Å². The molecular weight excluding hydrogens is 412 g/mol. The predicted molar refractivity (Wildman–Crippen MR) is 125 cm³/mol. The molecule has 7 heteroatoms. The number of nitrogens with one attached hydrogen (secondary N) is 1. The fourth-order valence-electron chi connectivity index (χ4n) is 3.21. The maximum Gasteiger partial charge on any atom is 0.341 e. The summed E-state index contributed by atoms with van der Waals surface area (Å²) in [4.78, 5) is 40.6. The van der Waals surface area contributed by atoms with Crippen molar-refractivity contribution in [3.05, 3.63) is 51.4 Å². The molecule has 2 rings (SSSR count). The van der Waals surface area contributed by atoms with Gasteiger partial charge >= 0.3 is 5.97 Å². The van der Waals surface area contributed by atoms with Crippen LogP contribution in [0.5, 0.6) is 0 Å². The molecule has 0 saturated heterocycles. The number of thiophene rings is 1. The standard InChI is InChI=1S/C24H32N2O4S/c1-8-26(9-2)22(28)19-15(4)18(23(29)30-10-3)21(31-19)25-20(27)16-11-13-17(14-12-16)24(5,6)7/h11-14H,8-10H2,1-7H3,(H,25,27). The number of anilines is 1. The average Bonchev–Trinajstić information content (AvgIpc) is 3.04. The van der Waals surface area contributed by atoms with E-state index in [2.05, 4.69) is 26.1 Å². The SMILES string of the molecule is CCOC(=O)c1c(NC(=O)c2ccc(C(C)(C)C)cc2)sc(C(=O)N(CC)CC)c1C. The van der Waals surface area contributed by atoms with E-state index in [4.69, 9.17) is 4.74 Å². The zero-order valence-corrected chi connectivity index (χ0v) is 20.2. The molecule has 0 atom stereocenters. The monoisotopic (exact) mass is 444 g/mol. The van der Waals surface area contributed by atoms with Crippen LogP contribution in [0.1, 0.15) is 83.1 Å². The smallest absolute Gasteiger partial charge is 0.341 e. The third kappa shape index (κ3) is 5.53. The molecule has 0 spiro atoms. The molecule has 1 aromatic heterocycles. The van der Waals surface area contributed by atoms with Gasteiger partial charge in [0.2, 0.25) is 0 Å². The highest BCUT2D eigenvalue weighted by atomic mass is 32.1. The van der Waals surface area contributed by atoms with Crippen LogP contribution >= 0.6 is 11.3 Å². The zero-order valence-electron chi connectivity index (χ0n) is 19.4. The molecule has 1 heterocycles. The molecule has 2 amide bonds. The number of hydrogen-bond acceptors (Lipinski definition) is 5. The van der Waals surface area contributed by atoms with Gasteiger partial charge in [0.15, 0.2) is 0 Å². The van der Waals surface area contributed by atoms with Crippen LogP contribution < -0.4 is 5.32 Å². The molecular formula is C24H32N2O4S. The summed E-state index contributed by atoms with van der Waals surface area (Å²) < 4.78 is 5.19. The van der Waals surface area contributed by atoms with E-state index in [1.165, 1.54) is 0 Å². The van der Waals surface area contributed by atoms with Crippen LogP contribution in [-0.2, 0) is 10.2 Å². The molecule has 1 N–H and O–H groups in total. The molecule has 0 aliphatic rings. The van der Waals surface area contributed by atoms with Crippen molar-refractivity contribution in [2.75, 3.05) is 25.0 Å². The molecule has 0 fully saturated rings. The van der Waals surface area contributed by atoms with E-state index in [-0.39, 0.29) is 29.4 Å². The maximum absolute atomic E-state index is 12.9. The van der Waals surface area contributed by atoms with Crippen molar-refractivity contribution < 1.29 is 19.1 Å². The average molecular weight is 445 g/mol. The molecule has 0 aliphatic carbocycles. The lowest BCUT2D eigenvalue weighted by atomic mass is 9.87. The minimum Gasteiger partial charge on any atom is -0.462 e. The van der Waals surface area contributed by atoms with Gasteiger partial charge in [0.1, 0.15) is 5.00 Å². The second kappa shape index (κ2) is 10.1. The summed E-state index contributed by atoms with van der Waals surface area (Å²) in [5, 5.41) is 3.15. The van der Waals surface area contributed by atoms with Crippen molar-refractivity contribution in [2.45, 2.75) is 53.9 Å². The summed E-state index contributed by atoms with van der Waals surface area (Å²) in [6, 6.07) is 7.39. The molecule has 0 aliphatic heterocycles. The summed E-state index contributed by atoms with van der Waals surface area (Å²) in [6.45, 7) is 14.9. The van der Waals surface area contributed by atoms with Gasteiger partial charge in [-0.2, -0.15) is 0 Å². The highest BCUT2D eigenvalue weighted by Gasteiger charge is 2.28. The molecule has 0 bridgehead atoms. The largest absolute Gasteiger partial charge is 0.462 e. The van der Waals surface area contributed by atoms with Crippen LogP contribution in [0, 0.1) is 6.92 Å². The first-order chi connectivity index (χ1) is 14.5. The van der Waals surface area contributed by atoms with Crippen LogP contribution in [0.25, 0.3) is 0 Å². The van der Waals surface area contributed by atoms with E-state index in [1.54, 1.807) is 30.9 Å². The third-order valence-corrected chi connectivity index (χ3v) is 6.31. The second-order valence-corrected chi connectivity index (χ2v) is 9.26. The molecule has 0 saturated carbocycles. The summed E-state index contributed by atoms with van der Waals surface area (Å²) in [6.07, 6.45) is 0. The fourth-order valence-corrected chi connectivity index (χ4v) is 4.36. The van der Waals surface area contributed by atoms with Gasteiger partial charge in [-0.15, -0.1) is 11.3 Å². The van der Waals surface area contributed by atoms with Gasteiger partial charge < -0.3 is 15.0 Å². The molecule has 0 unspecified atom stereocenters. The van der Waals surface area contributed by atoms with Crippen molar-refractivity contribution in [3.8, 4) is 0 Å². The number of amides is 2. The Morgan fingerprint density at radius 2 is 1.61 bits per heavy atom. The van der Waals surface area contributed by atoms with Crippen molar-refractivity contribution in [1.82, 2.24) is 4.90 Å². The van der Waals surface area contributed by atoms with E-state index in [0.717, 1.165) is 16.9 Å². The topological polar surface area (TPSA) is 75.7 Å². The molecule has 1 aromatic carbocycles. The summed E-state index contributed by atoms with van der Waals surface area (Å²) in [5.74, 6) is -1.05. The predicted octanol–water partition coefficient (Wildman–Crippen LogP) is 5.27. The lowest BCUT2D eigenvalue weighted by molar-refractivity contribution is 0.0527. The lowest BCUT2D eigenvalue weighted by Gasteiger charge is -2.19. The molecule has 168 valence electrons. The summed E-state index contributed by atoms with van der Waals surface area (Å²) in [7, 11) is 0. The Bertz CT molecular complexity index is 951. The first-order valence-corrected chi connectivity index (χ1v) is 11.4. The Hall–Kier alpha value is -2.67. The van der Waals surface area contributed by atoms with Crippen molar-refractivity contribution in [1.29, 1.82) is 0 Å². The van der Waals surface area contributed by atoms with Crippen LogP contribution in [0.2, 0.25) is 0 Å². The number of rotatable bonds is 7. The van der Waals surface area contributed by atoms with Gasteiger partial charge in [-0.05, 0) is 56.4 Å². The van der Waals surface area contributed by atoms with E-state index in [0.29, 0.717) is 34.1 Å². The van der Waals surface area contributed by atoms with E-state index in [1.807, 2.05) is 26.0 Å². The van der Waals surface area contributed by atoms with Gasteiger partial charge in [-0.3, -0.25) is 9.59 Å². The third-order valence-electron chi connectivity index (χ3n) is 5.11. The number of ether oxygens (including phenoxy) is 1. The van der Waals surface area contributed by atoms with Gasteiger partial charge in [-0.25, -0.2) is 4.79 Å². The van der Waals surface area contributed by atoms with Gasteiger partial charge in [0.05, 0.1) is 17.0 Å². The Morgan fingerprint density at radius 1 is 1.03 bits per heavy atom. The number of carbonyl (C=O) groups excluding carboxylic acids is 3. The Kier molecular flexibility index (Phi) is 8.01.